The first-order chi connectivity index (χ1) is 9.65. The quantitative estimate of drug-likeness (QED) is 0.817. The predicted octanol–water partition coefficient (Wildman–Crippen LogP) is 1.91. The zero-order chi connectivity index (χ0) is 14.4. The molecule has 2 N–H and O–H groups in total. The highest BCUT2D eigenvalue weighted by Crippen LogP contribution is 2.16. The number of aromatic nitrogens is 2. The van der Waals surface area contributed by atoms with Crippen LogP contribution in [0.3, 0.4) is 0 Å². The topological polar surface area (TPSA) is 92.2 Å². The number of hydrogen-bond donors (Lipinski definition) is 2. The Morgan fingerprint density at radius 1 is 1.20 bits per heavy atom. The van der Waals surface area contributed by atoms with E-state index >= 15 is 0 Å². The van der Waals surface area contributed by atoms with Gasteiger partial charge in [-0.05, 0) is 24.3 Å². The number of hydrogen-bond acceptors (Lipinski definition) is 5. The van der Waals surface area contributed by atoms with Crippen LogP contribution in [0.15, 0.2) is 47.8 Å². The monoisotopic (exact) mass is 289 g/mol. The number of carboxylic acid groups (broad SMARTS) is 1. The van der Waals surface area contributed by atoms with Crippen LogP contribution >= 0.6 is 11.8 Å². The Hall–Kier alpha value is -2.41. The van der Waals surface area contributed by atoms with E-state index in [1.807, 2.05) is 12.1 Å². The highest BCUT2D eigenvalue weighted by molar-refractivity contribution is 8.00. The fourth-order valence-electron chi connectivity index (χ4n) is 1.36. The van der Waals surface area contributed by atoms with Crippen LogP contribution in [0.4, 0.5) is 5.82 Å². The van der Waals surface area contributed by atoms with Crippen LogP contribution in [-0.2, 0) is 4.79 Å². The highest BCUT2D eigenvalue weighted by Gasteiger charge is 2.06. The van der Waals surface area contributed by atoms with Crippen molar-refractivity contribution in [2.75, 3.05) is 11.1 Å². The molecule has 0 saturated carbocycles. The van der Waals surface area contributed by atoms with Crippen molar-refractivity contribution in [1.82, 2.24) is 9.97 Å². The molecule has 2 aromatic heterocycles. The van der Waals surface area contributed by atoms with Crippen LogP contribution in [0.1, 0.15) is 10.4 Å². The molecule has 0 fully saturated rings. The minimum absolute atomic E-state index is 0.0779. The molecule has 102 valence electrons. The van der Waals surface area contributed by atoms with Crippen molar-refractivity contribution >= 4 is 29.5 Å². The highest BCUT2D eigenvalue weighted by atomic mass is 32.2. The second kappa shape index (κ2) is 6.67. The van der Waals surface area contributed by atoms with Crippen molar-refractivity contribution in [3.8, 4) is 0 Å². The van der Waals surface area contributed by atoms with Gasteiger partial charge in [0.05, 0.1) is 11.3 Å². The number of anilines is 1. The Morgan fingerprint density at radius 3 is 2.55 bits per heavy atom. The van der Waals surface area contributed by atoms with E-state index in [1.54, 1.807) is 12.4 Å². The summed E-state index contributed by atoms with van der Waals surface area (Å²) in [7, 11) is 0. The SMILES string of the molecule is O=C(CSc1ccncc1)Nc1ccc(C(=O)O)cn1. The number of carbonyl (C=O) groups is 2. The van der Waals surface area contributed by atoms with Crippen molar-refractivity contribution in [1.29, 1.82) is 0 Å². The van der Waals surface area contributed by atoms with E-state index in [2.05, 4.69) is 15.3 Å². The van der Waals surface area contributed by atoms with E-state index in [9.17, 15) is 9.59 Å². The zero-order valence-corrected chi connectivity index (χ0v) is 11.1. The average Bonchev–Trinajstić information content (AvgIpc) is 2.47. The lowest BCUT2D eigenvalue weighted by atomic mass is 10.3. The molecule has 0 unspecified atom stereocenters. The van der Waals surface area contributed by atoms with Crippen LogP contribution in [-0.4, -0.2) is 32.7 Å². The van der Waals surface area contributed by atoms with Crippen LogP contribution in [0.2, 0.25) is 0 Å². The van der Waals surface area contributed by atoms with Gasteiger partial charge >= 0.3 is 5.97 Å². The molecule has 0 atom stereocenters. The summed E-state index contributed by atoms with van der Waals surface area (Å²) in [6.07, 6.45) is 4.52. The lowest BCUT2D eigenvalue weighted by molar-refractivity contribution is -0.113. The van der Waals surface area contributed by atoms with Gasteiger partial charge < -0.3 is 10.4 Å². The van der Waals surface area contributed by atoms with Gasteiger partial charge in [-0.2, -0.15) is 0 Å². The van der Waals surface area contributed by atoms with Crippen molar-refractivity contribution in [3.63, 3.8) is 0 Å². The van der Waals surface area contributed by atoms with Crippen molar-refractivity contribution in [2.45, 2.75) is 4.90 Å². The fourth-order valence-corrected chi connectivity index (χ4v) is 2.04. The first-order valence-electron chi connectivity index (χ1n) is 5.67. The molecule has 2 heterocycles. The molecule has 0 saturated heterocycles. The number of rotatable bonds is 5. The second-order valence-corrected chi connectivity index (χ2v) is 4.81. The Kier molecular flexibility index (Phi) is 4.67. The van der Waals surface area contributed by atoms with Gasteiger partial charge in [-0.15, -0.1) is 11.8 Å². The first-order valence-corrected chi connectivity index (χ1v) is 6.66. The number of thioether (sulfide) groups is 1. The van der Waals surface area contributed by atoms with Crippen LogP contribution in [0, 0.1) is 0 Å². The maximum Gasteiger partial charge on any atom is 0.337 e. The molecule has 0 aromatic carbocycles. The molecule has 0 aliphatic carbocycles. The summed E-state index contributed by atoms with van der Waals surface area (Å²) in [6, 6.07) is 6.48. The van der Waals surface area contributed by atoms with Crippen molar-refractivity contribution < 1.29 is 14.7 Å². The Labute approximate surface area is 119 Å². The van der Waals surface area contributed by atoms with Gasteiger partial charge in [0.15, 0.2) is 0 Å². The van der Waals surface area contributed by atoms with Gasteiger partial charge in [0.25, 0.3) is 0 Å². The predicted molar refractivity (Wildman–Crippen MR) is 74.8 cm³/mol. The minimum Gasteiger partial charge on any atom is -0.478 e. The molecule has 6 nitrogen and oxygen atoms in total. The van der Waals surface area contributed by atoms with E-state index < -0.39 is 5.97 Å². The molecule has 0 spiro atoms. The Morgan fingerprint density at radius 2 is 1.95 bits per heavy atom. The van der Waals surface area contributed by atoms with Gasteiger partial charge in [0, 0.05) is 23.5 Å². The number of carboxylic acids is 1. The average molecular weight is 289 g/mol. The number of pyridine rings is 2. The smallest absolute Gasteiger partial charge is 0.337 e. The van der Waals surface area contributed by atoms with Crippen LogP contribution < -0.4 is 5.32 Å². The second-order valence-electron chi connectivity index (χ2n) is 3.76. The lowest BCUT2D eigenvalue weighted by Gasteiger charge is -2.04. The summed E-state index contributed by atoms with van der Waals surface area (Å²) in [5, 5.41) is 11.3. The Balaban J connectivity index is 1.86. The molecule has 2 aromatic rings. The molecule has 0 aliphatic heterocycles. The van der Waals surface area contributed by atoms with Gasteiger partial charge in [-0.1, -0.05) is 0 Å². The van der Waals surface area contributed by atoms with Crippen molar-refractivity contribution in [3.05, 3.63) is 48.4 Å². The van der Waals surface area contributed by atoms with E-state index in [1.165, 1.54) is 30.1 Å². The third kappa shape index (κ3) is 4.06. The molecule has 20 heavy (non-hydrogen) atoms. The maximum absolute atomic E-state index is 11.7. The van der Waals surface area contributed by atoms with Gasteiger partial charge in [0.1, 0.15) is 5.82 Å². The summed E-state index contributed by atoms with van der Waals surface area (Å²) in [5.41, 5.74) is 0.0779. The molecule has 0 bridgehead atoms. The normalized spacial score (nSPS) is 10.0. The van der Waals surface area contributed by atoms with Gasteiger partial charge in [-0.3, -0.25) is 9.78 Å². The van der Waals surface area contributed by atoms with Crippen molar-refractivity contribution in [2.24, 2.45) is 0 Å². The first kappa shape index (κ1) is 14.0. The molecule has 2 rings (SSSR count). The zero-order valence-electron chi connectivity index (χ0n) is 10.3. The summed E-state index contributed by atoms with van der Waals surface area (Å²) in [4.78, 5) is 31.1. The molecule has 0 aliphatic rings. The number of nitrogens with zero attached hydrogens (tertiary/aromatic N) is 2. The summed E-state index contributed by atoms with van der Waals surface area (Å²) in [5.74, 6) is -0.687. The standard InChI is InChI=1S/C13H11N3O3S/c17-12(8-20-10-3-5-14-6-4-10)16-11-2-1-9(7-15-11)13(18)19/h1-7H,8H2,(H,18,19)(H,15,16,17). The third-order valence-electron chi connectivity index (χ3n) is 2.30. The third-order valence-corrected chi connectivity index (χ3v) is 3.31. The maximum atomic E-state index is 11.7. The van der Waals surface area contributed by atoms with E-state index in [0.29, 0.717) is 5.82 Å². The van der Waals surface area contributed by atoms with Gasteiger partial charge in [-0.25, -0.2) is 9.78 Å². The molecule has 0 radical (unpaired) electrons. The van der Waals surface area contributed by atoms with E-state index in [0.717, 1.165) is 4.90 Å². The van der Waals surface area contributed by atoms with Gasteiger partial charge in [0.2, 0.25) is 5.91 Å². The largest absolute Gasteiger partial charge is 0.478 e. The fraction of sp³-hybridized carbons (Fsp3) is 0.0769. The number of aromatic carboxylic acids is 1. The summed E-state index contributed by atoms with van der Waals surface area (Å²) >= 11 is 1.38. The molecule has 7 heteroatoms. The summed E-state index contributed by atoms with van der Waals surface area (Å²) < 4.78 is 0. The Bertz CT molecular complexity index is 602. The summed E-state index contributed by atoms with van der Waals surface area (Å²) in [6.45, 7) is 0. The molecular formula is C13H11N3O3S. The molecule has 1 amide bonds. The number of nitrogens with one attached hydrogen (secondary N) is 1. The number of carbonyl (C=O) groups excluding carboxylic acids is 1. The lowest BCUT2D eigenvalue weighted by Crippen LogP contribution is -2.15. The minimum atomic E-state index is -1.05. The van der Waals surface area contributed by atoms with Crippen LogP contribution in [0.25, 0.3) is 0 Å². The molecular weight excluding hydrogens is 278 g/mol. The van der Waals surface area contributed by atoms with Crippen LogP contribution in [0.5, 0.6) is 0 Å². The van der Waals surface area contributed by atoms with E-state index in [-0.39, 0.29) is 17.2 Å². The van der Waals surface area contributed by atoms with E-state index in [4.69, 9.17) is 5.11 Å². The number of amides is 1.